The molecule has 6 heteroatoms. The Morgan fingerprint density at radius 2 is 2.05 bits per heavy atom. The zero-order chi connectivity index (χ0) is 15.3. The molecule has 21 heavy (non-hydrogen) atoms. The molecule has 1 atom stereocenters. The van der Waals surface area contributed by atoms with Crippen LogP contribution in [0.1, 0.15) is 24.8 Å². The molecular weight excluding hydrogens is 308 g/mol. The van der Waals surface area contributed by atoms with Crippen LogP contribution >= 0.6 is 11.6 Å². The lowest BCUT2D eigenvalue weighted by Crippen LogP contribution is -2.39. The van der Waals surface area contributed by atoms with Crippen molar-refractivity contribution in [2.75, 3.05) is 19.6 Å². The van der Waals surface area contributed by atoms with Gasteiger partial charge in [-0.1, -0.05) is 23.7 Å². The van der Waals surface area contributed by atoms with Gasteiger partial charge in [0.2, 0.25) is 10.0 Å². The number of benzene rings is 1. The first kappa shape index (κ1) is 16.5. The van der Waals surface area contributed by atoms with E-state index in [-0.39, 0.29) is 0 Å². The number of hydrogen-bond donors (Lipinski definition) is 1. The minimum atomic E-state index is -3.36. The van der Waals surface area contributed by atoms with Crippen molar-refractivity contribution < 1.29 is 8.42 Å². The predicted molar refractivity (Wildman–Crippen MR) is 87.4 cm³/mol. The molecule has 0 bridgehead atoms. The fourth-order valence-electron chi connectivity index (χ4n) is 2.55. The van der Waals surface area contributed by atoms with Crippen molar-refractivity contribution in [2.45, 2.75) is 19.3 Å². The lowest BCUT2D eigenvalue weighted by Gasteiger charge is -2.30. The third-order valence-corrected chi connectivity index (χ3v) is 5.50. The molecule has 0 saturated carbocycles. The molecule has 0 amide bonds. The van der Waals surface area contributed by atoms with Gasteiger partial charge in [0, 0.05) is 23.5 Å². The summed E-state index contributed by atoms with van der Waals surface area (Å²) in [5, 5.41) is 1.91. The van der Waals surface area contributed by atoms with Crippen molar-refractivity contribution >= 4 is 27.7 Å². The summed E-state index contributed by atoms with van der Waals surface area (Å²) in [4.78, 5) is 0. The average Bonchev–Trinajstić information content (AvgIpc) is 2.47. The van der Waals surface area contributed by atoms with E-state index >= 15 is 0 Å². The van der Waals surface area contributed by atoms with Crippen LogP contribution < -0.4 is 5.73 Å². The van der Waals surface area contributed by atoms with Gasteiger partial charge in [-0.25, -0.2) is 8.42 Å². The smallest absolute Gasteiger partial charge is 0.236 e. The summed E-state index contributed by atoms with van der Waals surface area (Å²) < 4.78 is 26.3. The molecule has 2 rings (SSSR count). The lowest BCUT2D eigenvalue weighted by atomic mass is 9.96. The molecule has 0 aromatic heterocycles. The average molecular weight is 329 g/mol. The van der Waals surface area contributed by atoms with Crippen LogP contribution in [0.2, 0.25) is 5.02 Å². The van der Waals surface area contributed by atoms with Crippen molar-refractivity contribution in [3.63, 3.8) is 0 Å². The summed E-state index contributed by atoms with van der Waals surface area (Å²) in [7, 11) is -3.36. The van der Waals surface area contributed by atoms with E-state index in [1.54, 1.807) is 34.6 Å². The number of halogens is 1. The van der Waals surface area contributed by atoms with Gasteiger partial charge in [0.05, 0.1) is 0 Å². The second kappa shape index (κ2) is 7.40. The van der Waals surface area contributed by atoms with Gasteiger partial charge in [0.1, 0.15) is 0 Å². The Hall–Kier alpha value is -0.880. The molecule has 1 aliphatic heterocycles. The van der Waals surface area contributed by atoms with Crippen molar-refractivity contribution in [1.82, 2.24) is 4.31 Å². The summed E-state index contributed by atoms with van der Waals surface area (Å²) in [5.74, 6) is 0.377. The van der Waals surface area contributed by atoms with Gasteiger partial charge in [0.15, 0.2) is 0 Å². The van der Waals surface area contributed by atoms with E-state index in [0.29, 0.717) is 30.6 Å². The molecule has 4 nitrogen and oxygen atoms in total. The van der Waals surface area contributed by atoms with E-state index in [0.717, 1.165) is 24.8 Å². The van der Waals surface area contributed by atoms with E-state index in [1.807, 2.05) is 0 Å². The number of rotatable bonds is 5. The quantitative estimate of drug-likeness (QED) is 0.903. The Labute approximate surface area is 131 Å². The van der Waals surface area contributed by atoms with Gasteiger partial charge in [-0.3, -0.25) is 0 Å². The lowest BCUT2D eigenvalue weighted by molar-refractivity contribution is 0.260. The highest BCUT2D eigenvalue weighted by Gasteiger charge is 2.26. The van der Waals surface area contributed by atoms with E-state index in [4.69, 9.17) is 17.3 Å². The molecule has 1 fully saturated rings. The second-order valence-electron chi connectivity index (χ2n) is 5.34. The molecule has 0 radical (unpaired) electrons. The van der Waals surface area contributed by atoms with Crippen LogP contribution in [0.15, 0.2) is 29.7 Å². The van der Waals surface area contributed by atoms with Crippen LogP contribution in [0.3, 0.4) is 0 Å². The number of piperidine rings is 1. The summed E-state index contributed by atoms with van der Waals surface area (Å²) in [6.07, 6.45) is 4.45. The SMILES string of the molecule is NCCC1CCCN(S(=O)(=O)C=Cc2ccc(Cl)cc2)C1. The van der Waals surface area contributed by atoms with E-state index in [1.165, 1.54) is 5.41 Å². The molecule has 116 valence electrons. The van der Waals surface area contributed by atoms with Crippen LogP contribution in [0.25, 0.3) is 6.08 Å². The van der Waals surface area contributed by atoms with Crippen LogP contribution in [0.4, 0.5) is 0 Å². The minimum Gasteiger partial charge on any atom is -0.330 e. The maximum Gasteiger partial charge on any atom is 0.236 e. The Morgan fingerprint density at radius 1 is 1.33 bits per heavy atom. The van der Waals surface area contributed by atoms with Crippen molar-refractivity contribution in [1.29, 1.82) is 0 Å². The first-order valence-corrected chi connectivity index (χ1v) is 9.03. The maximum absolute atomic E-state index is 12.4. The fraction of sp³-hybridized carbons (Fsp3) is 0.467. The standard InChI is InChI=1S/C15H21ClN2O2S/c16-15-5-3-13(4-6-15)8-11-21(19,20)18-10-1-2-14(12-18)7-9-17/h3-6,8,11,14H,1-2,7,9-10,12,17H2. The highest BCUT2D eigenvalue weighted by molar-refractivity contribution is 7.92. The second-order valence-corrected chi connectivity index (χ2v) is 7.60. The first-order chi connectivity index (χ1) is 10.0. The molecule has 2 N–H and O–H groups in total. The monoisotopic (exact) mass is 328 g/mol. The van der Waals surface area contributed by atoms with Crippen molar-refractivity contribution in [2.24, 2.45) is 11.7 Å². The normalized spacial score (nSPS) is 21.0. The van der Waals surface area contributed by atoms with E-state index in [9.17, 15) is 8.42 Å². The summed E-state index contributed by atoms with van der Waals surface area (Å²) in [5.41, 5.74) is 6.39. The number of nitrogens with zero attached hydrogens (tertiary/aromatic N) is 1. The topological polar surface area (TPSA) is 63.4 Å². The van der Waals surface area contributed by atoms with Gasteiger partial charge < -0.3 is 5.73 Å². The third kappa shape index (κ3) is 4.81. The predicted octanol–water partition coefficient (Wildman–Crippen LogP) is 2.70. The summed E-state index contributed by atoms with van der Waals surface area (Å²) >= 11 is 5.81. The van der Waals surface area contributed by atoms with E-state index in [2.05, 4.69) is 0 Å². The van der Waals surface area contributed by atoms with Crippen molar-refractivity contribution in [3.05, 3.63) is 40.3 Å². The fourth-order valence-corrected chi connectivity index (χ4v) is 3.98. The largest absolute Gasteiger partial charge is 0.330 e. The van der Waals surface area contributed by atoms with Gasteiger partial charge >= 0.3 is 0 Å². The van der Waals surface area contributed by atoms with Gasteiger partial charge in [-0.2, -0.15) is 4.31 Å². The van der Waals surface area contributed by atoms with Gasteiger partial charge in [0.25, 0.3) is 0 Å². The van der Waals surface area contributed by atoms with Crippen LogP contribution in [-0.4, -0.2) is 32.4 Å². The number of hydrogen-bond acceptors (Lipinski definition) is 3. The molecule has 0 aliphatic carbocycles. The zero-order valence-electron chi connectivity index (χ0n) is 11.9. The Bertz CT molecular complexity index is 582. The summed E-state index contributed by atoms with van der Waals surface area (Å²) in [6, 6.07) is 7.07. The molecule has 1 unspecified atom stereocenters. The molecule has 1 aromatic rings. The van der Waals surface area contributed by atoms with Crippen LogP contribution in [-0.2, 0) is 10.0 Å². The molecule has 1 aromatic carbocycles. The summed E-state index contributed by atoms with van der Waals surface area (Å²) in [6.45, 7) is 1.78. The van der Waals surface area contributed by atoms with Gasteiger partial charge in [-0.05, 0) is 55.5 Å². The third-order valence-electron chi connectivity index (χ3n) is 3.72. The molecule has 1 saturated heterocycles. The minimum absolute atomic E-state index is 0.377. The number of nitrogens with two attached hydrogens (primary N) is 1. The molecule has 1 heterocycles. The van der Waals surface area contributed by atoms with Crippen LogP contribution in [0, 0.1) is 5.92 Å². The van der Waals surface area contributed by atoms with Crippen molar-refractivity contribution in [3.8, 4) is 0 Å². The van der Waals surface area contributed by atoms with E-state index < -0.39 is 10.0 Å². The molecule has 0 spiro atoms. The van der Waals surface area contributed by atoms with Crippen LogP contribution in [0.5, 0.6) is 0 Å². The highest BCUT2D eigenvalue weighted by Crippen LogP contribution is 2.22. The van der Waals surface area contributed by atoms with Gasteiger partial charge in [-0.15, -0.1) is 0 Å². The molecule has 1 aliphatic rings. The molecular formula is C15H21ClN2O2S. The Morgan fingerprint density at radius 3 is 2.71 bits per heavy atom. The highest BCUT2D eigenvalue weighted by atomic mass is 35.5. The number of sulfonamides is 1. The Balaban J connectivity index is 2.05. The zero-order valence-corrected chi connectivity index (χ0v) is 13.5. The maximum atomic E-state index is 12.4. The first-order valence-electron chi connectivity index (χ1n) is 7.15. The Kier molecular flexibility index (Phi) is 5.81.